The van der Waals surface area contributed by atoms with Crippen LogP contribution in [0.3, 0.4) is 0 Å². The average molecular weight is 470 g/mol. The van der Waals surface area contributed by atoms with Crippen LogP contribution in [0.5, 0.6) is 11.5 Å². The number of carbonyl (C=O) groups is 2. The summed E-state index contributed by atoms with van der Waals surface area (Å²) < 4.78 is 11.2. The molecule has 178 valence electrons. The molecule has 5 rings (SSSR count). The SMILES string of the molecule is CCOC(=O)[C@H]1C(=O)NC(N2CCc3ccccc3C2)=N[C@@H]1c1cccc(Oc2ccccc2)c1. The number of ether oxygens (including phenoxy) is 2. The Morgan fingerprint density at radius 3 is 2.54 bits per heavy atom. The largest absolute Gasteiger partial charge is 0.465 e. The number of guanidine groups is 1. The fourth-order valence-corrected chi connectivity index (χ4v) is 4.53. The van der Waals surface area contributed by atoms with E-state index >= 15 is 0 Å². The van der Waals surface area contributed by atoms with Gasteiger partial charge in [0.1, 0.15) is 17.5 Å². The second-order valence-electron chi connectivity index (χ2n) is 8.54. The molecule has 0 spiro atoms. The third-order valence-corrected chi connectivity index (χ3v) is 6.24. The molecule has 1 N–H and O–H groups in total. The first-order chi connectivity index (χ1) is 17.1. The number of amides is 1. The van der Waals surface area contributed by atoms with E-state index in [-0.39, 0.29) is 6.61 Å². The molecule has 0 fully saturated rings. The zero-order chi connectivity index (χ0) is 24.2. The van der Waals surface area contributed by atoms with Crippen LogP contribution in [-0.2, 0) is 27.3 Å². The molecule has 7 heteroatoms. The third-order valence-electron chi connectivity index (χ3n) is 6.24. The van der Waals surface area contributed by atoms with Crippen molar-refractivity contribution < 1.29 is 19.1 Å². The van der Waals surface area contributed by atoms with E-state index in [0.29, 0.717) is 29.6 Å². The first kappa shape index (κ1) is 22.7. The molecule has 2 atom stereocenters. The molecule has 7 nitrogen and oxygen atoms in total. The molecule has 3 aromatic carbocycles. The van der Waals surface area contributed by atoms with Crippen LogP contribution < -0.4 is 10.1 Å². The minimum absolute atomic E-state index is 0.186. The minimum Gasteiger partial charge on any atom is -0.465 e. The lowest BCUT2D eigenvalue weighted by atomic mass is 9.91. The molecule has 0 radical (unpaired) electrons. The average Bonchev–Trinajstić information content (AvgIpc) is 2.89. The molecular weight excluding hydrogens is 442 g/mol. The van der Waals surface area contributed by atoms with Gasteiger partial charge in [-0.1, -0.05) is 54.6 Å². The van der Waals surface area contributed by atoms with Gasteiger partial charge in [-0.05, 0) is 54.3 Å². The lowest BCUT2D eigenvalue weighted by Crippen LogP contribution is -2.53. The predicted molar refractivity (Wildman–Crippen MR) is 132 cm³/mol. The zero-order valence-electron chi connectivity index (χ0n) is 19.5. The Morgan fingerprint density at radius 1 is 1.00 bits per heavy atom. The summed E-state index contributed by atoms with van der Waals surface area (Å²) in [5.41, 5.74) is 3.22. The number of rotatable bonds is 5. The number of carbonyl (C=O) groups excluding carboxylic acids is 2. The van der Waals surface area contributed by atoms with E-state index in [1.807, 2.05) is 66.7 Å². The number of esters is 1. The normalized spacial score (nSPS) is 19.3. The lowest BCUT2D eigenvalue weighted by Gasteiger charge is -2.36. The number of benzene rings is 3. The van der Waals surface area contributed by atoms with E-state index < -0.39 is 23.8 Å². The van der Waals surface area contributed by atoms with E-state index in [1.165, 1.54) is 11.1 Å². The van der Waals surface area contributed by atoms with Gasteiger partial charge in [0, 0.05) is 13.1 Å². The van der Waals surface area contributed by atoms with E-state index in [4.69, 9.17) is 14.5 Å². The molecule has 0 saturated heterocycles. The maximum absolute atomic E-state index is 13.2. The number of aliphatic imine (C=N–C) groups is 1. The highest BCUT2D eigenvalue weighted by Crippen LogP contribution is 2.34. The minimum atomic E-state index is -1.08. The summed E-state index contributed by atoms with van der Waals surface area (Å²) in [7, 11) is 0. The van der Waals surface area contributed by atoms with Gasteiger partial charge in [-0.25, -0.2) is 4.99 Å². The number of fused-ring (bicyclic) bond motifs is 1. The highest BCUT2D eigenvalue weighted by atomic mass is 16.5. The fourth-order valence-electron chi connectivity index (χ4n) is 4.53. The Morgan fingerprint density at radius 2 is 1.74 bits per heavy atom. The van der Waals surface area contributed by atoms with Crippen LogP contribution in [0.4, 0.5) is 0 Å². The van der Waals surface area contributed by atoms with E-state index in [2.05, 4.69) is 22.3 Å². The van der Waals surface area contributed by atoms with Gasteiger partial charge in [-0.15, -0.1) is 0 Å². The summed E-state index contributed by atoms with van der Waals surface area (Å²) in [6, 6.07) is 24.4. The van der Waals surface area contributed by atoms with Crippen molar-refractivity contribution in [2.75, 3.05) is 13.2 Å². The number of para-hydroxylation sites is 1. The van der Waals surface area contributed by atoms with Crippen LogP contribution >= 0.6 is 0 Å². The van der Waals surface area contributed by atoms with Crippen molar-refractivity contribution in [3.63, 3.8) is 0 Å². The van der Waals surface area contributed by atoms with Crippen LogP contribution in [0.2, 0.25) is 0 Å². The van der Waals surface area contributed by atoms with Crippen LogP contribution in [-0.4, -0.2) is 35.9 Å². The molecule has 0 bridgehead atoms. The van der Waals surface area contributed by atoms with Gasteiger partial charge in [0.25, 0.3) is 0 Å². The summed E-state index contributed by atoms with van der Waals surface area (Å²) in [6.07, 6.45) is 0.859. The maximum atomic E-state index is 13.2. The lowest BCUT2D eigenvalue weighted by molar-refractivity contribution is -0.153. The summed E-state index contributed by atoms with van der Waals surface area (Å²) in [6.45, 7) is 3.28. The van der Waals surface area contributed by atoms with E-state index in [9.17, 15) is 9.59 Å². The first-order valence-corrected chi connectivity index (χ1v) is 11.8. The summed E-state index contributed by atoms with van der Waals surface area (Å²) in [4.78, 5) is 33.0. The molecule has 0 saturated carbocycles. The van der Waals surface area contributed by atoms with Gasteiger partial charge in [0.2, 0.25) is 11.9 Å². The van der Waals surface area contributed by atoms with Crippen LogP contribution in [0.1, 0.15) is 29.7 Å². The second-order valence-corrected chi connectivity index (χ2v) is 8.54. The molecular formula is C28H27N3O4. The van der Waals surface area contributed by atoms with Crippen molar-refractivity contribution in [2.45, 2.75) is 25.9 Å². The molecule has 0 unspecified atom stereocenters. The van der Waals surface area contributed by atoms with Crippen molar-refractivity contribution >= 4 is 17.8 Å². The number of nitrogens with one attached hydrogen (secondary N) is 1. The molecule has 1 amide bonds. The van der Waals surface area contributed by atoms with Crippen molar-refractivity contribution in [3.8, 4) is 11.5 Å². The fraction of sp³-hybridized carbons (Fsp3) is 0.250. The number of nitrogens with zero attached hydrogens (tertiary/aromatic N) is 2. The van der Waals surface area contributed by atoms with Crippen molar-refractivity contribution in [1.82, 2.24) is 10.2 Å². The van der Waals surface area contributed by atoms with Gasteiger partial charge < -0.3 is 14.4 Å². The van der Waals surface area contributed by atoms with E-state index in [1.54, 1.807) is 6.92 Å². The van der Waals surface area contributed by atoms with Gasteiger partial charge in [0.15, 0.2) is 5.92 Å². The Balaban J connectivity index is 1.48. The number of hydrogen-bond acceptors (Lipinski definition) is 6. The van der Waals surface area contributed by atoms with Crippen molar-refractivity contribution in [2.24, 2.45) is 10.9 Å². The van der Waals surface area contributed by atoms with Crippen molar-refractivity contribution in [1.29, 1.82) is 0 Å². The zero-order valence-corrected chi connectivity index (χ0v) is 19.5. The molecule has 0 aromatic heterocycles. The predicted octanol–water partition coefficient (Wildman–Crippen LogP) is 4.24. The molecule has 0 aliphatic carbocycles. The molecule has 3 aromatic rings. The van der Waals surface area contributed by atoms with Crippen molar-refractivity contribution in [3.05, 3.63) is 95.6 Å². The molecule has 2 aliphatic heterocycles. The Bertz CT molecular complexity index is 1260. The smallest absolute Gasteiger partial charge is 0.321 e. The Hall–Kier alpha value is -4.13. The second kappa shape index (κ2) is 10.0. The highest BCUT2D eigenvalue weighted by Gasteiger charge is 2.42. The quantitative estimate of drug-likeness (QED) is 0.447. The van der Waals surface area contributed by atoms with Gasteiger partial charge in [-0.3, -0.25) is 14.9 Å². The highest BCUT2D eigenvalue weighted by molar-refractivity contribution is 6.08. The maximum Gasteiger partial charge on any atom is 0.321 e. The van der Waals surface area contributed by atoms with Crippen LogP contribution in [0.15, 0.2) is 83.9 Å². The first-order valence-electron chi connectivity index (χ1n) is 11.8. The van der Waals surface area contributed by atoms with Gasteiger partial charge in [0.05, 0.1) is 6.61 Å². The summed E-state index contributed by atoms with van der Waals surface area (Å²) >= 11 is 0. The summed E-state index contributed by atoms with van der Waals surface area (Å²) in [5.74, 6) is -0.301. The van der Waals surface area contributed by atoms with Gasteiger partial charge >= 0.3 is 5.97 Å². The topological polar surface area (TPSA) is 80.2 Å². The standard InChI is InChI=1S/C28H27N3O4/c1-2-34-27(33)24-25(20-11-8-14-23(17-20)35-22-12-4-3-5-13-22)29-28(30-26(24)32)31-16-15-19-9-6-7-10-21(19)18-31/h3-14,17,24-25H,2,15-16,18H2,1H3,(H,29,30,32)/t24-,25-/m1/s1. The Kier molecular flexibility index (Phi) is 6.48. The van der Waals surface area contributed by atoms with Gasteiger partial charge in [-0.2, -0.15) is 0 Å². The van der Waals surface area contributed by atoms with Crippen LogP contribution in [0.25, 0.3) is 0 Å². The summed E-state index contributed by atoms with van der Waals surface area (Å²) in [5, 5.41) is 2.87. The number of hydrogen-bond donors (Lipinski definition) is 1. The third kappa shape index (κ3) is 4.89. The van der Waals surface area contributed by atoms with Crippen LogP contribution in [0, 0.1) is 5.92 Å². The van der Waals surface area contributed by atoms with E-state index in [0.717, 1.165) is 13.0 Å². The molecule has 2 heterocycles. The molecule has 2 aliphatic rings. The monoisotopic (exact) mass is 469 g/mol. The molecule has 35 heavy (non-hydrogen) atoms. The Labute approximate surface area is 204 Å².